The average Bonchev–Trinajstić information content (AvgIpc) is 3.33. The SMILES string of the molecule is C=C1C(=O)O[C@H]2CC(=C)[C@H]3C[C@H](O[C@@H]4O[C@H](CO)[C@@H](O[C@@H]5O[C@H](CO)[C@@H](O)[C@H](O)[C@H]5O)[C@H](O)[C@H]4O)C(=C)[C@@H]3C[C@H]12. The molecule has 2 saturated carbocycles. The van der Waals surface area contributed by atoms with Crippen LogP contribution in [0.4, 0.5) is 0 Å². The second-order valence-electron chi connectivity index (χ2n) is 11.3. The lowest BCUT2D eigenvalue weighted by molar-refractivity contribution is -0.361. The Morgan fingerprint density at radius 1 is 0.750 bits per heavy atom. The van der Waals surface area contributed by atoms with E-state index in [0.717, 1.165) is 11.1 Å². The second kappa shape index (κ2) is 11.5. The number of hydrogen-bond donors (Lipinski definition) is 7. The normalized spacial score (nSPS) is 49.4. The molecule has 0 radical (unpaired) electrons. The number of aliphatic hydroxyl groups is 7. The molecule has 0 spiro atoms. The van der Waals surface area contributed by atoms with Crippen molar-refractivity contribution in [2.45, 2.75) is 92.9 Å². The molecule has 0 unspecified atom stereocenters. The highest BCUT2D eigenvalue weighted by Crippen LogP contribution is 2.52. The van der Waals surface area contributed by atoms with Crippen LogP contribution in [-0.4, -0.2) is 129 Å². The molecule has 2 aliphatic carbocycles. The van der Waals surface area contributed by atoms with E-state index in [1.165, 1.54) is 0 Å². The van der Waals surface area contributed by atoms with Crippen LogP contribution in [0.2, 0.25) is 0 Å². The quantitative estimate of drug-likeness (QED) is 0.102. The Bertz CT molecular complexity index is 1010. The summed E-state index contributed by atoms with van der Waals surface area (Å²) in [4.78, 5) is 12.1. The molecule has 5 rings (SSSR count). The van der Waals surface area contributed by atoms with Crippen molar-refractivity contribution in [2.75, 3.05) is 13.2 Å². The Morgan fingerprint density at radius 2 is 1.38 bits per heavy atom. The maximum absolute atomic E-state index is 12.1. The fourth-order valence-corrected chi connectivity index (χ4v) is 6.62. The third-order valence-electron chi connectivity index (χ3n) is 9.01. The Hall–Kier alpha value is -1.75. The molecule has 0 aromatic rings. The highest BCUT2D eigenvalue weighted by atomic mass is 16.7. The maximum Gasteiger partial charge on any atom is 0.334 e. The number of aliphatic hydroxyl groups excluding tert-OH is 7. The molecule has 0 aromatic carbocycles. The minimum absolute atomic E-state index is 0.00355. The summed E-state index contributed by atoms with van der Waals surface area (Å²) in [7, 11) is 0. The summed E-state index contributed by atoms with van der Waals surface area (Å²) in [5, 5.41) is 71.5. The van der Waals surface area contributed by atoms with Gasteiger partial charge in [0.2, 0.25) is 0 Å². The first-order chi connectivity index (χ1) is 19.0. The van der Waals surface area contributed by atoms with Crippen molar-refractivity contribution >= 4 is 5.97 Å². The summed E-state index contributed by atoms with van der Waals surface area (Å²) in [6, 6.07) is 0. The Labute approximate surface area is 230 Å². The van der Waals surface area contributed by atoms with Gasteiger partial charge in [-0.25, -0.2) is 4.79 Å². The van der Waals surface area contributed by atoms with Gasteiger partial charge in [-0.15, -0.1) is 0 Å². The van der Waals surface area contributed by atoms with E-state index in [2.05, 4.69) is 19.7 Å². The van der Waals surface area contributed by atoms with E-state index in [0.29, 0.717) is 24.8 Å². The molecule has 5 fully saturated rings. The van der Waals surface area contributed by atoms with Crippen molar-refractivity contribution in [1.82, 2.24) is 0 Å². The first kappa shape index (κ1) is 29.7. The van der Waals surface area contributed by atoms with Crippen LogP contribution >= 0.6 is 0 Å². The number of carbonyl (C=O) groups is 1. The lowest BCUT2D eigenvalue weighted by Gasteiger charge is -2.46. The monoisotopic (exact) mass is 570 g/mol. The van der Waals surface area contributed by atoms with Gasteiger partial charge in [0.1, 0.15) is 54.9 Å². The van der Waals surface area contributed by atoms with Crippen LogP contribution in [0.15, 0.2) is 36.5 Å². The summed E-state index contributed by atoms with van der Waals surface area (Å²) >= 11 is 0. The lowest BCUT2D eigenvalue weighted by atomic mass is 9.83. The minimum atomic E-state index is -1.76. The predicted octanol–water partition coefficient (Wildman–Crippen LogP) is -2.36. The van der Waals surface area contributed by atoms with Crippen LogP contribution < -0.4 is 0 Å². The van der Waals surface area contributed by atoms with E-state index in [1.54, 1.807) is 0 Å². The van der Waals surface area contributed by atoms with Gasteiger partial charge in [-0.2, -0.15) is 0 Å². The van der Waals surface area contributed by atoms with Crippen LogP contribution in [0.1, 0.15) is 19.3 Å². The maximum atomic E-state index is 12.1. The molecule has 15 atom stereocenters. The lowest BCUT2D eigenvalue weighted by Crippen LogP contribution is -2.64. The van der Waals surface area contributed by atoms with Crippen molar-refractivity contribution in [3.8, 4) is 0 Å². The number of esters is 1. The number of rotatable bonds is 6. The van der Waals surface area contributed by atoms with Gasteiger partial charge >= 0.3 is 5.97 Å². The van der Waals surface area contributed by atoms with Crippen molar-refractivity contribution in [2.24, 2.45) is 17.8 Å². The highest BCUT2D eigenvalue weighted by molar-refractivity contribution is 5.90. The molecular formula is C27H38O13. The van der Waals surface area contributed by atoms with Crippen LogP contribution in [0.25, 0.3) is 0 Å². The second-order valence-corrected chi connectivity index (χ2v) is 11.3. The fraction of sp³-hybridized carbons (Fsp3) is 0.741. The van der Waals surface area contributed by atoms with Gasteiger partial charge in [-0.1, -0.05) is 25.3 Å². The third-order valence-corrected chi connectivity index (χ3v) is 9.01. The summed E-state index contributed by atoms with van der Waals surface area (Å²) in [6.45, 7) is 11.0. The fourth-order valence-electron chi connectivity index (χ4n) is 6.62. The number of ether oxygens (including phenoxy) is 5. The summed E-state index contributed by atoms with van der Waals surface area (Å²) < 4.78 is 28.3. The molecule has 5 aliphatic rings. The first-order valence-electron chi connectivity index (χ1n) is 13.5. The van der Waals surface area contributed by atoms with Gasteiger partial charge in [0.05, 0.1) is 19.3 Å². The van der Waals surface area contributed by atoms with Crippen molar-refractivity contribution in [3.63, 3.8) is 0 Å². The van der Waals surface area contributed by atoms with E-state index < -0.39 is 86.7 Å². The van der Waals surface area contributed by atoms with Gasteiger partial charge < -0.3 is 59.4 Å². The molecule has 3 aliphatic heterocycles. The van der Waals surface area contributed by atoms with Crippen molar-refractivity contribution < 1.29 is 64.2 Å². The predicted molar refractivity (Wildman–Crippen MR) is 133 cm³/mol. The van der Waals surface area contributed by atoms with Crippen LogP contribution in [0.5, 0.6) is 0 Å². The molecular weight excluding hydrogens is 532 g/mol. The summed E-state index contributed by atoms with van der Waals surface area (Å²) in [6.07, 6.45) is -14.6. The number of carbonyl (C=O) groups excluding carboxylic acids is 1. The topological polar surface area (TPSA) is 205 Å². The Kier molecular flexibility index (Phi) is 8.55. The number of fused-ring (bicyclic) bond motifs is 2. The molecule has 224 valence electrons. The van der Waals surface area contributed by atoms with Gasteiger partial charge in [0.15, 0.2) is 12.6 Å². The largest absolute Gasteiger partial charge is 0.458 e. The molecule has 40 heavy (non-hydrogen) atoms. The van der Waals surface area contributed by atoms with Crippen LogP contribution in [0, 0.1) is 17.8 Å². The van der Waals surface area contributed by atoms with Gasteiger partial charge in [0.25, 0.3) is 0 Å². The van der Waals surface area contributed by atoms with Crippen LogP contribution in [0.3, 0.4) is 0 Å². The average molecular weight is 571 g/mol. The smallest absolute Gasteiger partial charge is 0.334 e. The van der Waals surface area contributed by atoms with Crippen molar-refractivity contribution in [1.29, 1.82) is 0 Å². The summed E-state index contributed by atoms with van der Waals surface area (Å²) in [5.74, 6) is -0.635. The zero-order chi connectivity index (χ0) is 29.0. The van der Waals surface area contributed by atoms with Gasteiger partial charge in [-0.3, -0.25) is 0 Å². The first-order valence-corrected chi connectivity index (χ1v) is 13.5. The molecule has 0 bridgehead atoms. The summed E-state index contributed by atoms with van der Waals surface area (Å²) in [5.41, 5.74) is 2.06. The van der Waals surface area contributed by atoms with E-state index in [1.807, 2.05) is 0 Å². The molecule has 3 saturated heterocycles. The standard InChI is InChI=1S/C27H38O13/c1-9-4-16-14(11(3)25(35)36-16)5-13-10(2)15(6-12(9)13)37-26-23(34)21(32)24(18(8-29)39-26)40-27-22(33)20(31)19(30)17(7-28)38-27/h12-24,26-34H,1-8H2/t12-,13+,14-,15+,16+,17-,18-,19-,20+,21-,22-,23-,24-,26-,27+/m1/s1. The molecule has 13 heteroatoms. The van der Waals surface area contributed by atoms with Gasteiger partial charge in [0, 0.05) is 17.9 Å². The van der Waals surface area contributed by atoms with E-state index >= 15 is 0 Å². The zero-order valence-electron chi connectivity index (χ0n) is 21.9. The zero-order valence-corrected chi connectivity index (χ0v) is 21.9. The van der Waals surface area contributed by atoms with E-state index in [4.69, 9.17) is 23.7 Å². The Morgan fingerprint density at radius 3 is 2.05 bits per heavy atom. The van der Waals surface area contributed by atoms with Crippen molar-refractivity contribution in [3.05, 3.63) is 36.5 Å². The van der Waals surface area contributed by atoms with Crippen LogP contribution in [-0.2, 0) is 28.5 Å². The highest BCUT2D eigenvalue weighted by Gasteiger charge is 2.53. The molecule has 0 amide bonds. The number of hydrogen-bond acceptors (Lipinski definition) is 13. The van der Waals surface area contributed by atoms with E-state index in [9.17, 15) is 40.5 Å². The van der Waals surface area contributed by atoms with Gasteiger partial charge in [-0.05, 0) is 30.3 Å². The van der Waals surface area contributed by atoms with E-state index in [-0.39, 0.29) is 23.9 Å². The molecule has 3 heterocycles. The Balaban J connectivity index is 1.26. The third kappa shape index (κ3) is 5.07. The molecule has 7 N–H and O–H groups in total. The minimum Gasteiger partial charge on any atom is -0.458 e. The molecule has 0 aromatic heterocycles. The molecule has 13 nitrogen and oxygen atoms in total.